The van der Waals surface area contributed by atoms with E-state index in [9.17, 15) is 0 Å². The molecule has 0 aliphatic carbocycles. The summed E-state index contributed by atoms with van der Waals surface area (Å²) in [6.45, 7) is 4.47. The first-order valence-electron chi connectivity index (χ1n) is 5.39. The fourth-order valence-electron chi connectivity index (χ4n) is 1.19. The lowest BCUT2D eigenvalue weighted by molar-refractivity contribution is 0.192. The first kappa shape index (κ1) is 14.2. The van der Waals surface area contributed by atoms with Gasteiger partial charge >= 0.3 is 0 Å². The minimum Gasteiger partial charge on any atom is -0.409 e. The Morgan fingerprint density at radius 2 is 2.20 bits per heavy atom. The van der Waals surface area contributed by atoms with Crippen LogP contribution in [0.3, 0.4) is 0 Å². The molecule has 0 rings (SSSR count). The molecular weight excluding hydrogens is 194 g/mol. The maximum atomic E-state index is 8.43. The van der Waals surface area contributed by atoms with Gasteiger partial charge in [0.15, 0.2) is 0 Å². The van der Waals surface area contributed by atoms with Crippen LogP contribution in [0.2, 0.25) is 0 Å². The van der Waals surface area contributed by atoms with E-state index in [1.54, 1.807) is 7.11 Å². The van der Waals surface area contributed by atoms with Crippen molar-refractivity contribution in [3.05, 3.63) is 0 Å². The van der Waals surface area contributed by atoms with Crippen LogP contribution in [0.4, 0.5) is 0 Å². The molecule has 0 aromatic carbocycles. The van der Waals surface area contributed by atoms with Gasteiger partial charge in [0.25, 0.3) is 0 Å². The molecule has 0 aromatic rings. The number of hydrogen-bond acceptors (Lipinski definition) is 4. The highest BCUT2D eigenvalue weighted by atomic mass is 16.5. The van der Waals surface area contributed by atoms with Crippen molar-refractivity contribution >= 4 is 5.84 Å². The summed E-state index contributed by atoms with van der Waals surface area (Å²) in [7, 11) is 1.72. The molecular formula is C10H23N3O2. The van der Waals surface area contributed by atoms with Crippen LogP contribution in [0, 0.1) is 5.92 Å². The first-order chi connectivity index (χ1) is 7.22. The molecule has 0 fully saturated rings. The second-order valence-electron chi connectivity index (χ2n) is 3.68. The number of ether oxygens (including phenoxy) is 1. The van der Waals surface area contributed by atoms with Crippen molar-refractivity contribution in [2.24, 2.45) is 16.8 Å². The molecule has 4 N–H and O–H groups in total. The van der Waals surface area contributed by atoms with Gasteiger partial charge in [-0.2, -0.15) is 0 Å². The number of nitrogens with two attached hydrogens (primary N) is 1. The summed E-state index contributed by atoms with van der Waals surface area (Å²) in [6.07, 6.45) is 3.40. The Morgan fingerprint density at radius 1 is 1.47 bits per heavy atom. The number of hydrogen-bond donors (Lipinski definition) is 3. The van der Waals surface area contributed by atoms with E-state index in [0.717, 1.165) is 32.5 Å². The molecule has 0 aliphatic heterocycles. The van der Waals surface area contributed by atoms with Crippen LogP contribution in [-0.2, 0) is 4.74 Å². The Morgan fingerprint density at radius 3 is 2.80 bits per heavy atom. The van der Waals surface area contributed by atoms with Gasteiger partial charge in [-0.1, -0.05) is 12.1 Å². The number of oxime groups is 1. The topological polar surface area (TPSA) is 79.9 Å². The maximum absolute atomic E-state index is 8.43. The van der Waals surface area contributed by atoms with Crippen molar-refractivity contribution in [2.45, 2.75) is 26.2 Å². The summed E-state index contributed by atoms with van der Waals surface area (Å²) in [6, 6.07) is 0. The van der Waals surface area contributed by atoms with Crippen LogP contribution < -0.4 is 11.1 Å². The molecule has 5 heteroatoms. The van der Waals surface area contributed by atoms with Crippen molar-refractivity contribution in [3.8, 4) is 0 Å². The Kier molecular flexibility index (Phi) is 9.21. The van der Waals surface area contributed by atoms with Crippen molar-refractivity contribution in [1.29, 1.82) is 0 Å². The molecule has 0 amide bonds. The summed E-state index contributed by atoms with van der Waals surface area (Å²) in [5.41, 5.74) is 5.44. The van der Waals surface area contributed by atoms with Gasteiger partial charge < -0.3 is 21.0 Å². The van der Waals surface area contributed by atoms with E-state index in [1.165, 1.54) is 6.42 Å². The zero-order chi connectivity index (χ0) is 11.5. The predicted octanol–water partition coefficient (Wildman–Crippen LogP) is 0.775. The molecule has 0 saturated carbocycles. The highest BCUT2D eigenvalue weighted by molar-refractivity contribution is 5.82. The SMILES string of the molecule is COCCCCCNCC(C)C(N)=NO. The van der Waals surface area contributed by atoms with E-state index >= 15 is 0 Å². The Labute approximate surface area is 91.7 Å². The molecule has 0 radical (unpaired) electrons. The number of nitrogens with zero attached hydrogens (tertiary/aromatic N) is 1. The van der Waals surface area contributed by atoms with Crippen molar-refractivity contribution < 1.29 is 9.94 Å². The highest BCUT2D eigenvalue weighted by Gasteiger charge is 2.05. The summed E-state index contributed by atoms with van der Waals surface area (Å²) < 4.78 is 4.95. The largest absolute Gasteiger partial charge is 0.409 e. The van der Waals surface area contributed by atoms with Gasteiger partial charge in [0, 0.05) is 26.2 Å². The Hall–Kier alpha value is -0.810. The third-order valence-corrected chi connectivity index (χ3v) is 2.27. The predicted molar refractivity (Wildman–Crippen MR) is 61.2 cm³/mol. The molecule has 1 unspecified atom stereocenters. The third kappa shape index (κ3) is 8.20. The van der Waals surface area contributed by atoms with E-state index in [4.69, 9.17) is 15.7 Å². The van der Waals surface area contributed by atoms with Crippen LogP contribution in [0.5, 0.6) is 0 Å². The van der Waals surface area contributed by atoms with E-state index in [0.29, 0.717) is 0 Å². The van der Waals surface area contributed by atoms with Gasteiger partial charge in [0.2, 0.25) is 0 Å². The number of nitrogens with one attached hydrogen (secondary N) is 1. The molecule has 0 spiro atoms. The van der Waals surface area contributed by atoms with E-state index in [-0.39, 0.29) is 11.8 Å². The molecule has 0 bridgehead atoms. The smallest absolute Gasteiger partial charge is 0.143 e. The van der Waals surface area contributed by atoms with Crippen LogP contribution in [-0.4, -0.2) is 37.8 Å². The maximum Gasteiger partial charge on any atom is 0.143 e. The number of methoxy groups -OCH3 is 1. The Balaban J connectivity index is 3.24. The summed E-state index contributed by atoms with van der Waals surface area (Å²) >= 11 is 0. The average Bonchev–Trinajstić information content (AvgIpc) is 2.26. The van der Waals surface area contributed by atoms with Gasteiger partial charge in [0.05, 0.1) is 0 Å². The number of rotatable bonds is 9. The molecule has 0 heterocycles. The second-order valence-corrected chi connectivity index (χ2v) is 3.68. The molecule has 0 aliphatic rings. The quantitative estimate of drug-likeness (QED) is 0.175. The highest BCUT2D eigenvalue weighted by Crippen LogP contribution is 1.95. The molecule has 90 valence electrons. The number of unbranched alkanes of at least 4 members (excludes halogenated alkanes) is 2. The van der Waals surface area contributed by atoms with E-state index < -0.39 is 0 Å². The molecule has 5 nitrogen and oxygen atoms in total. The minimum absolute atomic E-state index is 0.0778. The van der Waals surface area contributed by atoms with Crippen LogP contribution in [0.15, 0.2) is 5.16 Å². The monoisotopic (exact) mass is 217 g/mol. The third-order valence-electron chi connectivity index (χ3n) is 2.27. The fraction of sp³-hybridized carbons (Fsp3) is 0.900. The summed E-state index contributed by atoms with van der Waals surface area (Å²) in [5.74, 6) is 0.357. The summed E-state index contributed by atoms with van der Waals surface area (Å²) in [4.78, 5) is 0. The lowest BCUT2D eigenvalue weighted by Gasteiger charge is -2.10. The van der Waals surface area contributed by atoms with Crippen molar-refractivity contribution in [2.75, 3.05) is 26.8 Å². The van der Waals surface area contributed by atoms with E-state index in [2.05, 4.69) is 10.5 Å². The normalized spacial score (nSPS) is 14.1. The molecule has 0 saturated heterocycles. The molecule has 0 aromatic heterocycles. The van der Waals surface area contributed by atoms with Gasteiger partial charge in [0.1, 0.15) is 5.84 Å². The zero-order valence-corrected chi connectivity index (χ0v) is 9.70. The number of amidine groups is 1. The first-order valence-corrected chi connectivity index (χ1v) is 5.39. The van der Waals surface area contributed by atoms with E-state index in [1.807, 2.05) is 6.92 Å². The fourth-order valence-corrected chi connectivity index (χ4v) is 1.19. The van der Waals surface area contributed by atoms with Gasteiger partial charge in [-0.25, -0.2) is 0 Å². The van der Waals surface area contributed by atoms with Gasteiger partial charge in [-0.3, -0.25) is 0 Å². The summed E-state index contributed by atoms with van der Waals surface area (Å²) in [5, 5.41) is 14.7. The molecule has 1 atom stereocenters. The molecule has 15 heavy (non-hydrogen) atoms. The van der Waals surface area contributed by atoms with Crippen molar-refractivity contribution in [3.63, 3.8) is 0 Å². The van der Waals surface area contributed by atoms with Crippen LogP contribution in [0.1, 0.15) is 26.2 Å². The lowest BCUT2D eigenvalue weighted by atomic mass is 10.1. The standard InChI is InChI=1S/C10H23N3O2/c1-9(10(11)13-14)8-12-6-4-3-5-7-15-2/h9,12,14H,3-8H2,1-2H3,(H2,11,13). The van der Waals surface area contributed by atoms with Crippen LogP contribution in [0.25, 0.3) is 0 Å². The second kappa shape index (κ2) is 9.73. The minimum atomic E-state index is 0.0778. The van der Waals surface area contributed by atoms with Crippen LogP contribution >= 0.6 is 0 Å². The lowest BCUT2D eigenvalue weighted by Crippen LogP contribution is -2.31. The van der Waals surface area contributed by atoms with Crippen molar-refractivity contribution in [1.82, 2.24) is 5.32 Å². The van der Waals surface area contributed by atoms with Gasteiger partial charge in [-0.05, 0) is 25.8 Å². The van der Waals surface area contributed by atoms with Gasteiger partial charge in [-0.15, -0.1) is 0 Å². The zero-order valence-electron chi connectivity index (χ0n) is 9.70. The Bertz CT molecular complexity index is 174. The average molecular weight is 217 g/mol.